The second kappa shape index (κ2) is 7.75. The molecular weight excluding hydrogens is 300 g/mol. The summed E-state index contributed by atoms with van der Waals surface area (Å²) in [4.78, 5) is 12.5. The molecule has 1 atom stereocenters. The van der Waals surface area contributed by atoms with Crippen LogP contribution in [-0.2, 0) is 11.2 Å². The summed E-state index contributed by atoms with van der Waals surface area (Å²) in [7, 11) is 3.15. The van der Waals surface area contributed by atoms with Crippen molar-refractivity contribution in [3.63, 3.8) is 0 Å². The van der Waals surface area contributed by atoms with E-state index in [2.05, 4.69) is 0 Å². The predicted octanol–water partition coefficient (Wildman–Crippen LogP) is 3.49. The molecule has 22 heavy (non-hydrogen) atoms. The van der Waals surface area contributed by atoms with Gasteiger partial charge < -0.3 is 14.6 Å². The SMILES string of the molecule is COc1ccc(CC(Sc2ccccc2)C(=O)O)c(OC)c1. The molecule has 0 aliphatic heterocycles. The summed E-state index contributed by atoms with van der Waals surface area (Å²) >= 11 is 1.33. The second-order valence-electron chi connectivity index (χ2n) is 4.64. The molecule has 0 aliphatic rings. The number of rotatable bonds is 7. The molecule has 2 aromatic carbocycles. The maximum absolute atomic E-state index is 11.5. The van der Waals surface area contributed by atoms with Crippen LogP contribution < -0.4 is 9.47 Å². The number of aliphatic carboxylic acids is 1. The molecule has 4 nitrogen and oxygen atoms in total. The van der Waals surface area contributed by atoms with Crippen LogP contribution in [0.4, 0.5) is 0 Å². The summed E-state index contributed by atoms with van der Waals surface area (Å²) in [6.07, 6.45) is 0.377. The van der Waals surface area contributed by atoms with Gasteiger partial charge in [0.05, 0.1) is 14.2 Å². The lowest BCUT2D eigenvalue weighted by molar-refractivity contribution is -0.136. The summed E-state index contributed by atoms with van der Waals surface area (Å²) in [6.45, 7) is 0. The molecule has 0 radical (unpaired) electrons. The van der Waals surface area contributed by atoms with Crippen LogP contribution in [0.2, 0.25) is 0 Å². The molecule has 0 aliphatic carbocycles. The van der Waals surface area contributed by atoms with Gasteiger partial charge in [0.1, 0.15) is 16.7 Å². The Bertz CT molecular complexity index is 628. The van der Waals surface area contributed by atoms with E-state index in [0.29, 0.717) is 17.9 Å². The van der Waals surface area contributed by atoms with Gasteiger partial charge in [-0.05, 0) is 30.2 Å². The lowest BCUT2D eigenvalue weighted by Crippen LogP contribution is -2.19. The molecule has 2 rings (SSSR count). The fraction of sp³-hybridized carbons (Fsp3) is 0.235. The molecule has 0 bridgehead atoms. The number of carboxylic acids is 1. The second-order valence-corrected chi connectivity index (χ2v) is 5.92. The number of ether oxygens (including phenoxy) is 2. The van der Waals surface area contributed by atoms with Crippen LogP contribution in [0.15, 0.2) is 53.4 Å². The van der Waals surface area contributed by atoms with Crippen molar-refractivity contribution in [3.8, 4) is 11.5 Å². The highest BCUT2D eigenvalue weighted by Gasteiger charge is 2.21. The van der Waals surface area contributed by atoms with E-state index in [0.717, 1.165) is 10.5 Å². The van der Waals surface area contributed by atoms with Gasteiger partial charge in [0.15, 0.2) is 0 Å². The standard InChI is InChI=1S/C17H18O4S/c1-20-13-9-8-12(15(11-13)21-2)10-16(17(18)19)22-14-6-4-3-5-7-14/h3-9,11,16H,10H2,1-2H3,(H,18,19). The summed E-state index contributed by atoms with van der Waals surface area (Å²) in [5, 5.41) is 8.89. The zero-order valence-corrected chi connectivity index (χ0v) is 13.3. The Hall–Kier alpha value is -2.14. The minimum atomic E-state index is -0.841. The Kier molecular flexibility index (Phi) is 5.72. The van der Waals surface area contributed by atoms with Gasteiger partial charge in [0.2, 0.25) is 0 Å². The molecule has 116 valence electrons. The maximum atomic E-state index is 11.5. The largest absolute Gasteiger partial charge is 0.497 e. The minimum Gasteiger partial charge on any atom is -0.497 e. The number of carbonyl (C=O) groups is 1. The number of thioether (sulfide) groups is 1. The summed E-state index contributed by atoms with van der Waals surface area (Å²) in [5.74, 6) is 0.481. The molecule has 0 aromatic heterocycles. The molecule has 0 heterocycles. The first-order valence-electron chi connectivity index (χ1n) is 6.79. The highest BCUT2D eigenvalue weighted by atomic mass is 32.2. The number of hydrogen-bond acceptors (Lipinski definition) is 4. The first-order valence-corrected chi connectivity index (χ1v) is 7.67. The van der Waals surface area contributed by atoms with E-state index >= 15 is 0 Å². The van der Waals surface area contributed by atoms with Crippen LogP contribution in [0.3, 0.4) is 0 Å². The van der Waals surface area contributed by atoms with Crippen LogP contribution in [0.5, 0.6) is 11.5 Å². The van der Waals surface area contributed by atoms with Crippen molar-refractivity contribution in [2.45, 2.75) is 16.6 Å². The van der Waals surface area contributed by atoms with E-state index in [1.807, 2.05) is 42.5 Å². The third kappa shape index (κ3) is 4.18. The lowest BCUT2D eigenvalue weighted by Gasteiger charge is -2.15. The molecule has 0 saturated carbocycles. The average molecular weight is 318 g/mol. The Morgan fingerprint density at radius 2 is 1.86 bits per heavy atom. The van der Waals surface area contributed by atoms with E-state index in [9.17, 15) is 9.90 Å². The average Bonchev–Trinajstić information content (AvgIpc) is 2.55. The zero-order chi connectivity index (χ0) is 15.9. The third-order valence-electron chi connectivity index (χ3n) is 3.20. The van der Waals surface area contributed by atoms with Crippen molar-refractivity contribution in [1.29, 1.82) is 0 Å². The number of hydrogen-bond donors (Lipinski definition) is 1. The van der Waals surface area contributed by atoms with E-state index in [1.54, 1.807) is 20.3 Å². The Morgan fingerprint density at radius 1 is 1.14 bits per heavy atom. The van der Waals surface area contributed by atoms with Crippen LogP contribution in [0.1, 0.15) is 5.56 Å². The molecule has 2 aromatic rings. The first kappa shape index (κ1) is 16.2. The number of methoxy groups -OCH3 is 2. The van der Waals surface area contributed by atoms with Gasteiger partial charge in [-0.2, -0.15) is 0 Å². The van der Waals surface area contributed by atoms with Crippen molar-refractivity contribution in [1.82, 2.24) is 0 Å². The van der Waals surface area contributed by atoms with Gasteiger partial charge in [-0.15, -0.1) is 11.8 Å². The summed E-state index contributed by atoms with van der Waals surface area (Å²) < 4.78 is 10.5. The van der Waals surface area contributed by atoms with E-state index in [4.69, 9.17) is 9.47 Å². The minimum absolute atomic E-state index is 0.377. The smallest absolute Gasteiger partial charge is 0.317 e. The van der Waals surface area contributed by atoms with Crippen LogP contribution in [0, 0.1) is 0 Å². The Balaban J connectivity index is 2.19. The molecule has 5 heteroatoms. The zero-order valence-electron chi connectivity index (χ0n) is 12.5. The molecule has 1 N–H and O–H groups in total. The van der Waals surface area contributed by atoms with Gasteiger partial charge in [-0.1, -0.05) is 24.3 Å². The molecule has 1 unspecified atom stereocenters. The predicted molar refractivity (Wildman–Crippen MR) is 87.0 cm³/mol. The van der Waals surface area contributed by atoms with Crippen molar-refractivity contribution in [3.05, 3.63) is 54.1 Å². The Morgan fingerprint density at radius 3 is 2.45 bits per heavy atom. The molecule has 0 spiro atoms. The van der Waals surface area contributed by atoms with Crippen molar-refractivity contribution in [2.24, 2.45) is 0 Å². The monoisotopic (exact) mass is 318 g/mol. The van der Waals surface area contributed by atoms with E-state index in [1.165, 1.54) is 11.8 Å². The van der Waals surface area contributed by atoms with Crippen LogP contribution in [-0.4, -0.2) is 30.5 Å². The van der Waals surface area contributed by atoms with E-state index in [-0.39, 0.29) is 0 Å². The van der Waals surface area contributed by atoms with Crippen LogP contribution in [0.25, 0.3) is 0 Å². The van der Waals surface area contributed by atoms with Gasteiger partial charge >= 0.3 is 5.97 Å². The third-order valence-corrected chi connectivity index (χ3v) is 4.39. The van der Waals surface area contributed by atoms with Gasteiger partial charge in [0.25, 0.3) is 0 Å². The lowest BCUT2D eigenvalue weighted by atomic mass is 10.1. The van der Waals surface area contributed by atoms with Gasteiger partial charge in [-0.25, -0.2) is 0 Å². The molecule has 0 fully saturated rings. The molecule has 0 amide bonds. The van der Waals surface area contributed by atoms with Crippen molar-refractivity contribution in [2.75, 3.05) is 14.2 Å². The fourth-order valence-electron chi connectivity index (χ4n) is 2.06. The normalized spacial score (nSPS) is 11.7. The Labute approximate surface area is 134 Å². The summed E-state index contributed by atoms with van der Waals surface area (Å²) in [6, 6.07) is 14.9. The number of carboxylic acid groups (broad SMARTS) is 1. The van der Waals surface area contributed by atoms with Gasteiger partial charge in [0, 0.05) is 11.0 Å². The van der Waals surface area contributed by atoms with E-state index < -0.39 is 11.2 Å². The van der Waals surface area contributed by atoms with Crippen molar-refractivity contribution >= 4 is 17.7 Å². The first-order chi connectivity index (χ1) is 10.6. The quantitative estimate of drug-likeness (QED) is 0.792. The highest BCUT2D eigenvalue weighted by Crippen LogP contribution is 2.31. The topological polar surface area (TPSA) is 55.8 Å². The summed E-state index contributed by atoms with van der Waals surface area (Å²) in [5.41, 5.74) is 0.846. The molecular formula is C17H18O4S. The molecule has 0 saturated heterocycles. The highest BCUT2D eigenvalue weighted by molar-refractivity contribution is 8.00. The van der Waals surface area contributed by atoms with Crippen LogP contribution >= 0.6 is 11.8 Å². The van der Waals surface area contributed by atoms with Crippen molar-refractivity contribution < 1.29 is 19.4 Å². The fourth-order valence-corrected chi connectivity index (χ4v) is 3.07. The van der Waals surface area contributed by atoms with Gasteiger partial charge in [-0.3, -0.25) is 4.79 Å². The number of benzene rings is 2. The maximum Gasteiger partial charge on any atom is 0.317 e.